The molecular weight excluding hydrogens is 156 g/mol. The molecule has 0 fully saturated rings. The van der Waals surface area contributed by atoms with Gasteiger partial charge in [0.25, 0.3) is 0 Å². The molecule has 0 spiro atoms. The number of hydrogen-bond donors (Lipinski definition) is 2. The highest BCUT2D eigenvalue weighted by Crippen LogP contribution is 2.04. The number of amides is 1. The molecule has 64 valence electrons. The average Bonchev–Trinajstić information content (AvgIpc) is 2.09. The van der Waals surface area contributed by atoms with Crippen molar-refractivity contribution in [1.29, 1.82) is 0 Å². The van der Waals surface area contributed by atoms with Crippen molar-refractivity contribution in [2.75, 3.05) is 11.9 Å². The van der Waals surface area contributed by atoms with Crippen LogP contribution in [0.4, 0.5) is 5.69 Å². The maximum atomic E-state index is 10.0. The first-order valence-corrected chi connectivity index (χ1v) is 3.63. The first-order valence-electron chi connectivity index (χ1n) is 3.63. The Labute approximate surface area is 70.3 Å². The lowest BCUT2D eigenvalue weighted by molar-refractivity contribution is -0.105. The molecule has 1 heterocycles. The molecule has 0 unspecified atom stereocenters. The summed E-state index contributed by atoms with van der Waals surface area (Å²) in [7, 11) is 0. The van der Waals surface area contributed by atoms with E-state index >= 15 is 0 Å². The van der Waals surface area contributed by atoms with Gasteiger partial charge in [0.2, 0.25) is 6.41 Å². The molecule has 0 saturated heterocycles. The molecule has 0 aliphatic rings. The Morgan fingerprint density at radius 2 is 2.42 bits per heavy atom. The van der Waals surface area contributed by atoms with Crippen LogP contribution in [0.2, 0.25) is 0 Å². The Balaban J connectivity index is 2.64. The zero-order valence-corrected chi connectivity index (χ0v) is 6.53. The third-order valence-electron chi connectivity index (χ3n) is 1.42. The summed E-state index contributed by atoms with van der Waals surface area (Å²) in [6, 6.07) is 3.51. The van der Waals surface area contributed by atoms with Crippen LogP contribution in [0.5, 0.6) is 0 Å². The highest BCUT2D eigenvalue weighted by molar-refractivity contribution is 5.70. The molecule has 0 radical (unpaired) electrons. The molecule has 4 nitrogen and oxygen atoms in total. The molecule has 12 heavy (non-hydrogen) atoms. The lowest BCUT2D eigenvalue weighted by Gasteiger charge is -1.99. The predicted octanol–water partition coefficient (Wildman–Crippen LogP) is 0.185. The van der Waals surface area contributed by atoms with Crippen molar-refractivity contribution < 1.29 is 9.90 Å². The molecule has 1 aromatic heterocycles. The van der Waals surface area contributed by atoms with Crippen LogP contribution in [0.3, 0.4) is 0 Å². The van der Waals surface area contributed by atoms with Crippen molar-refractivity contribution in [3.05, 3.63) is 24.0 Å². The maximum absolute atomic E-state index is 10.0. The van der Waals surface area contributed by atoms with E-state index in [1.165, 1.54) is 0 Å². The second-order valence-electron chi connectivity index (χ2n) is 2.27. The number of carbonyl (C=O) groups excluding carboxylic acids is 1. The minimum Gasteiger partial charge on any atom is -0.396 e. The number of nitrogens with one attached hydrogen (secondary N) is 1. The number of rotatable bonds is 4. The van der Waals surface area contributed by atoms with E-state index in [4.69, 9.17) is 5.11 Å². The number of pyridine rings is 1. The van der Waals surface area contributed by atoms with Gasteiger partial charge in [-0.05, 0) is 12.1 Å². The molecule has 2 N–H and O–H groups in total. The van der Waals surface area contributed by atoms with E-state index in [9.17, 15) is 4.79 Å². The van der Waals surface area contributed by atoms with Gasteiger partial charge in [0.05, 0.1) is 11.9 Å². The topological polar surface area (TPSA) is 62.2 Å². The molecule has 0 aliphatic heterocycles. The Morgan fingerprint density at radius 1 is 1.58 bits per heavy atom. The van der Waals surface area contributed by atoms with Crippen molar-refractivity contribution in [2.24, 2.45) is 0 Å². The van der Waals surface area contributed by atoms with Crippen LogP contribution in [0.1, 0.15) is 5.69 Å². The monoisotopic (exact) mass is 166 g/mol. The van der Waals surface area contributed by atoms with E-state index in [1.807, 2.05) is 0 Å². The summed E-state index contributed by atoms with van der Waals surface area (Å²) in [5, 5.41) is 11.1. The van der Waals surface area contributed by atoms with Gasteiger partial charge in [-0.15, -0.1) is 0 Å². The molecule has 1 rings (SSSR count). The lowest BCUT2D eigenvalue weighted by Crippen LogP contribution is -1.97. The van der Waals surface area contributed by atoms with Gasteiger partial charge >= 0.3 is 0 Å². The van der Waals surface area contributed by atoms with Crippen molar-refractivity contribution in [1.82, 2.24) is 4.98 Å². The van der Waals surface area contributed by atoms with E-state index in [0.717, 1.165) is 5.69 Å². The number of carbonyl (C=O) groups is 1. The second-order valence-corrected chi connectivity index (χ2v) is 2.27. The van der Waals surface area contributed by atoms with E-state index in [2.05, 4.69) is 10.3 Å². The quantitative estimate of drug-likeness (QED) is 0.627. The predicted molar refractivity (Wildman–Crippen MR) is 44.7 cm³/mol. The van der Waals surface area contributed by atoms with Crippen LogP contribution >= 0.6 is 0 Å². The van der Waals surface area contributed by atoms with E-state index < -0.39 is 0 Å². The molecule has 0 aromatic carbocycles. The molecule has 1 aromatic rings. The minimum absolute atomic E-state index is 0.0907. The number of hydrogen-bond acceptors (Lipinski definition) is 3. The smallest absolute Gasteiger partial charge is 0.211 e. The second kappa shape index (κ2) is 4.46. The maximum Gasteiger partial charge on any atom is 0.211 e. The van der Waals surface area contributed by atoms with E-state index in [0.29, 0.717) is 18.5 Å². The van der Waals surface area contributed by atoms with Crippen molar-refractivity contribution in [3.8, 4) is 0 Å². The highest BCUT2D eigenvalue weighted by Gasteiger charge is 1.93. The summed E-state index contributed by atoms with van der Waals surface area (Å²) >= 11 is 0. The number of aliphatic hydroxyl groups is 1. The summed E-state index contributed by atoms with van der Waals surface area (Å²) in [4.78, 5) is 14.0. The minimum atomic E-state index is 0.0907. The highest BCUT2D eigenvalue weighted by atomic mass is 16.3. The largest absolute Gasteiger partial charge is 0.396 e. The first kappa shape index (κ1) is 8.67. The van der Waals surface area contributed by atoms with Gasteiger partial charge in [0.1, 0.15) is 0 Å². The molecule has 4 heteroatoms. The van der Waals surface area contributed by atoms with Gasteiger partial charge < -0.3 is 10.4 Å². The lowest BCUT2D eigenvalue weighted by atomic mass is 10.3. The van der Waals surface area contributed by atoms with Crippen LogP contribution in [-0.4, -0.2) is 23.1 Å². The number of nitrogens with zero attached hydrogens (tertiary/aromatic N) is 1. The van der Waals surface area contributed by atoms with Gasteiger partial charge in [-0.25, -0.2) is 0 Å². The van der Waals surface area contributed by atoms with Crippen LogP contribution in [0, 0.1) is 0 Å². The zero-order chi connectivity index (χ0) is 8.81. The summed E-state index contributed by atoms with van der Waals surface area (Å²) in [6.07, 6.45) is 2.70. The average molecular weight is 166 g/mol. The third-order valence-corrected chi connectivity index (χ3v) is 1.42. The Kier molecular flexibility index (Phi) is 3.22. The van der Waals surface area contributed by atoms with E-state index in [-0.39, 0.29) is 6.61 Å². The zero-order valence-electron chi connectivity index (χ0n) is 6.53. The molecule has 0 aliphatic carbocycles. The molecule has 0 atom stereocenters. The van der Waals surface area contributed by atoms with Gasteiger partial charge in [0, 0.05) is 18.7 Å². The fourth-order valence-electron chi connectivity index (χ4n) is 0.840. The van der Waals surface area contributed by atoms with Crippen molar-refractivity contribution >= 4 is 12.1 Å². The number of aromatic nitrogens is 1. The molecule has 0 bridgehead atoms. The third kappa shape index (κ3) is 2.32. The van der Waals surface area contributed by atoms with Crippen molar-refractivity contribution in [3.63, 3.8) is 0 Å². The summed E-state index contributed by atoms with van der Waals surface area (Å²) in [5.74, 6) is 0. The molecule has 1 amide bonds. The fraction of sp³-hybridized carbons (Fsp3) is 0.250. The standard InChI is InChI=1S/C8H10N2O2/c11-4-3-7-1-2-8(5-9-7)10-6-12/h1-2,5-6,11H,3-4H2,(H,10,12). The SMILES string of the molecule is O=CNc1ccc(CCO)nc1. The summed E-state index contributed by atoms with van der Waals surface area (Å²) in [6.45, 7) is 0.0907. The summed E-state index contributed by atoms with van der Waals surface area (Å²) in [5.41, 5.74) is 1.47. The number of anilines is 1. The van der Waals surface area contributed by atoms with Gasteiger partial charge in [0.15, 0.2) is 0 Å². The van der Waals surface area contributed by atoms with Crippen LogP contribution in [-0.2, 0) is 11.2 Å². The Hall–Kier alpha value is -1.42. The number of aliphatic hydroxyl groups excluding tert-OH is 1. The van der Waals surface area contributed by atoms with Gasteiger partial charge in [-0.3, -0.25) is 9.78 Å². The Morgan fingerprint density at radius 3 is 2.92 bits per heavy atom. The normalized spacial score (nSPS) is 9.42. The fourth-order valence-corrected chi connectivity index (χ4v) is 0.840. The van der Waals surface area contributed by atoms with Gasteiger partial charge in [-0.1, -0.05) is 0 Å². The molecule has 0 saturated carbocycles. The van der Waals surface area contributed by atoms with E-state index in [1.54, 1.807) is 18.3 Å². The van der Waals surface area contributed by atoms with Crippen LogP contribution < -0.4 is 5.32 Å². The summed E-state index contributed by atoms with van der Waals surface area (Å²) < 4.78 is 0. The van der Waals surface area contributed by atoms with Crippen LogP contribution in [0.15, 0.2) is 18.3 Å². The van der Waals surface area contributed by atoms with Crippen LogP contribution in [0.25, 0.3) is 0 Å². The molecular formula is C8H10N2O2. The first-order chi connectivity index (χ1) is 5.86. The van der Waals surface area contributed by atoms with Crippen molar-refractivity contribution in [2.45, 2.75) is 6.42 Å². The Bertz CT molecular complexity index is 246. The van der Waals surface area contributed by atoms with Gasteiger partial charge in [-0.2, -0.15) is 0 Å².